The first kappa shape index (κ1) is 24.3. The molecule has 1 aromatic heterocycles. The Balaban J connectivity index is 1.33. The molecule has 0 radical (unpaired) electrons. The van der Waals surface area contributed by atoms with Gasteiger partial charge in [0.25, 0.3) is 5.91 Å². The number of hydrogen-bond donors (Lipinski definition) is 2. The first-order valence-corrected chi connectivity index (χ1v) is 12.5. The van der Waals surface area contributed by atoms with Gasteiger partial charge >= 0.3 is 0 Å². The predicted octanol–water partition coefficient (Wildman–Crippen LogP) is 4.19. The Kier molecular flexibility index (Phi) is 9.62. The van der Waals surface area contributed by atoms with Crippen molar-refractivity contribution in [2.45, 2.75) is 71.3 Å². The molecular weight excluding hydrogens is 422 g/mol. The lowest BCUT2D eigenvalue weighted by atomic mass is 10.2. The molecule has 2 aromatic rings. The highest BCUT2D eigenvalue weighted by atomic mass is 32.1. The number of likely N-dealkylation sites (tertiary alicyclic amines) is 1. The smallest absolute Gasteiger partial charge is 0.286 e. The van der Waals surface area contributed by atoms with Gasteiger partial charge in [-0.15, -0.1) is 10.2 Å². The standard InChI is InChI=1S/C24H35N5O2S/c1-18-10-5-6-11-20(18)26-23(31)24-28-27-22(32-24)13-9-12-21(30)25-15-14-19(2)29-16-7-3-4-8-17-29/h5-6,10-11,19H,3-4,7-9,12-17H2,1-2H3,(H,25,30)(H,26,31)/t19-/m1/s1. The van der Waals surface area contributed by atoms with Crippen molar-refractivity contribution in [3.05, 3.63) is 39.8 Å². The molecule has 0 aliphatic carbocycles. The maximum absolute atomic E-state index is 12.4. The van der Waals surface area contributed by atoms with E-state index < -0.39 is 0 Å². The average Bonchev–Trinajstić information content (AvgIpc) is 3.08. The molecule has 32 heavy (non-hydrogen) atoms. The van der Waals surface area contributed by atoms with Crippen molar-refractivity contribution in [1.29, 1.82) is 0 Å². The Morgan fingerprint density at radius 3 is 2.62 bits per heavy atom. The number of carbonyl (C=O) groups excluding carboxylic acids is 2. The van der Waals surface area contributed by atoms with E-state index in [0.717, 1.165) is 29.2 Å². The van der Waals surface area contributed by atoms with Crippen LogP contribution in [0.5, 0.6) is 0 Å². The molecule has 3 rings (SSSR count). The van der Waals surface area contributed by atoms with Crippen LogP contribution in [0.15, 0.2) is 24.3 Å². The number of aromatic nitrogens is 2. The van der Waals surface area contributed by atoms with E-state index in [1.54, 1.807) is 0 Å². The minimum atomic E-state index is -0.251. The zero-order valence-electron chi connectivity index (χ0n) is 19.2. The van der Waals surface area contributed by atoms with Crippen molar-refractivity contribution in [2.75, 3.05) is 25.0 Å². The lowest BCUT2D eigenvalue weighted by molar-refractivity contribution is -0.121. The summed E-state index contributed by atoms with van der Waals surface area (Å²) in [7, 11) is 0. The lowest BCUT2D eigenvalue weighted by Gasteiger charge is -2.27. The molecule has 1 saturated heterocycles. The Morgan fingerprint density at radius 2 is 1.88 bits per heavy atom. The van der Waals surface area contributed by atoms with Crippen LogP contribution in [0.25, 0.3) is 0 Å². The molecule has 0 saturated carbocycles. The van der Waals surface area contributed by atoms with E-state index in [4.69, 9.17) is 0 Å². The maximum atomic E-state index is 12.4. The third-order valence-corrected chi connectivity index (χ3v) is 6.98. The third-order valence-electron chi connectivity index (χ3n) is 6.00. The van der Waals surface area contributed by atoms with Gasteiger partial charge in [0.05, 0.1) is 0 Å². The van der Waals surface area contributed by atoms with Gasteiger partial charge in [-0.3, -0.25) is 9.59 Å². The van der Waals surface area contributed by atoms with E-state index in [-0.39, 0.29) is 11.8 Å². The van der Waals surface area contributed by atoms with Crippen LogP contribution in [0, 0.1) is 6.92 Å². The van der Waals surface area contributed by atoms with Crippen molar-refractivity contribution < 1.29 is 9.59 Å². The van der Waals surface area contributed by atoms with Crippen molar-refractivity contribution in [2.24, 2.45) is 0 Å². The minimum absolute atomic E-state index is 0.0788. The molecule has 2 heterocycles. The average molecular weight is 458 g/mol. The molecule has 1 aromatic carbocycles. The van der Waals surface area contributed by atoms with Gasteiger partial charge < -0.3 is 15.5 Å². The summed E-state index contributed by atoms with van der Waals surface area (Å²) in [5, 5.41) is 15.2. The fraction of sp³-hybridized carbons (Fsp3) is 0.583. The van der Waals surface area contributed by atoms with Crippen LogP contribution in [0.2, 0.25) is 0 Å². The molecule has 1 aliphatic rings. The van der Waals surface area contributed by atoms with E-state index in [1.807, 2.05) is 31.2 Å². The second-order valence-electron chi connectivity index (χ2n) is 8.56. The van der Waals surface area contributed by atoms with Crippen LogP contribution in [0.4, 0.5) is 5.69 Å². The number of para-hydroxylation sites is 1. The van der Waals surface area contributed by atoms with Gasteiger partial charge in [-0.1, -0.05) is 42.4 Å². The Bertz CT molecular complexity index is 877. The summed E-state index contributed by atoms with van der Waals surface area (Å²) in [5.41, 5.74) is 1.77. The second kappa shape index (κ2) is 12.6. The number of aryl methyl sites for hydroxylation is 2. The fourth-order valence-electron chi connectivity index (χ4n) is 3.96. The monoisotopic (exact) mass is 457 g/mol. The van der Waals surface area contributed by atoms with Crippen molar-refractivity contribution in [3.8, 4) is 0 Å². The van der Waals surface area contributed by atoms with Gasteiger partial charge in [0.1, 0.15) is 5.01 Å². The molecule has 2 amide bonds. The third kappa shape index (κ3) is 7.67. The molecular formula is C24H35N5O2S. The van der Waals surface area contributed by atoms with E-state index in [9.17, 15) is 9.59 Å². The molecule has 8 heteroatoms. The molecule has 0 unspecified atom stereocenters. The number of anilines is 1. The quantitative estimate of drug-likeness (QED) is 0.559. The van der Waals surface area contributed by atoms with Crippen LogP contribution in [-0.4, -0.2) is 52.6 Å². The van der Waals surface area contributed by atoms with Crippen molar-refractivity contribution in [3.63, 3.8) is 0 Å². The summed E-state index contributed by atoms with van der Waals surface area (Å²) in [6.45, 7) is 7.30. The minimum Gasteiger partial charge on any atom is -0.356 e. The highest BCUT2D eigenvalue weighted by Gasteiger charge is 2.16. The summed E-state index contributed by atoms with van der Waals surface area (Å²) in [6.07, 6.45) is 8.05. The summed E-state index contributed by atoms with van der Waals surface area (Å²) in [4.78, 5) is 27.1. The van der Waals surface area contributed by atoms with Crippen LogP contribution < -0.4 is 10.6 Å². The van der Waals surface area contributed by atoms with Gasteiger partial charge in [0.15, 0.2) is 0 Å². The molecule has 2 N–H and O–H groups in total. The van der Waals surface area contributed by atoms with Crippen molar-refractivity contribution in [1.82, 2.24) is 20.4 Å². The summed E-state index contributed by atoms with van der Waals surface area (Å²) in [5.74, 6) is -0.172. The normalized spacial score (nSPS) is 15.7. The lowest BCUT2D eigenvalue weighted by Crippen LogP contribution is -2.37. The van der Waals surface area contributed by atoms with Gasteiger partial charge in [-0.05, 0) is 64.3 Å². The van der Waals surface area contributed by atoms with Crippen molar-refractivity contribution >= 4 is 28.8 Å². The van der Waals surface area contributed by atoms with Gasteiger partial charge in [-0.25, -0.2) is 0 Å². The molecule has 1 aliphatic heterocycles. The maximum Gasteiger partial charge on any atom is 0.286 e. The van der Waals surface area contributed by atoms with Crippen LogP contribution in [0.3, 0.4) is 0 Å². The number of hydrogen-bond acceptors (Lipinski definition) is 6. The van der Waals surface area contributed by atoms with Gasteiger partial charge in [0.2, 0.25) is 10.9 Å². The molecule has 7 nitrogen and oxygen atoms in total. The fourth-order valence-corrected chi connectivity index (χ4v) is 4.74. The van der Waals surface area contributed by atoms with Gasteiger partial charge in [-0.2, -0.15) is 0 Å². The Morgan fingerprint density at radius 1 is 1.12 bits per heavy atom. The molecule has 0 bridgehead atoms. The van der Waals surface area contributed by atoms with E-state index in [0.29, 0.717) is 30.3 Å². The predicted molar refractivity (Wildman–Crippen MR) is 129 cm³/mol. The summed E-state index contributed by atoms with van der Waals surface area (Å²) in [6, 6.07) is 8.14. The first-order valence-electron chi connectivity index (χ1n) is 11.7. The largest absolute Gasteiger partial charge is 0.356 e. The Hall–Kier alpha value is -2.32. The van der Waals surface area contributed by atoms with Crippen LogP contribution >= 0.6 is 11.3 Å². The highest BCUT2D eigenvalue weighted by Crippen LogP contribution is 2.18. The van der Waals surface area contributed by atoms with Gasteiger partial charge in [0, 0.05) is 31.1 Å². The van der Waals surface area contributed by atoms with E-state index >= 15 is 0 Å². The zero-order valence-corrected chi connectivity index (χ0v) is 20.0. The number of nitrogens with zero attached hydrogens (tertiary/aromatic N) is 3. The molecule has 1 atom stereocenters. The number of nitrogens with one attached hydrogen (secondary N) is 2. The summed E-state index contributed by atoms with van der Waals surface area (Å²) >= 11 is 1.29. The van der Waals surface area contributed by atoms with Crippen LogP contribution in [0.1, 0.15) is 72.2 Å². The van der Waals surface area contributed by atoms with E-state index in [2.05, 4.69) is 32.7 Å². The zero-order chi connectivity index (χ0) is 22.8. The first-order chi connectivity index (χ1) is 15.5. The summed E-state index contributed by atoms with van der Waals surface area (Å²) < 4.78 is 0. The number of carbonyl (C=O) groups is 2. The molecule has 1 fully saturated rings. The Labute approximate surface area is 195 Å². The van der Waals surface area contributed by atoms with E-state index in [1.165, 1.54) is 50.1 Å². The SMILES string of the molecule is Cc1ccccc1NC(=O)c1nnc(CCCC(=O)NCC[C@@H](C)N2CCCCCC2)s1. The highest BCUT2D eigenvalue weighted by molar-refractivity contribution is 7.13. The molecule has 174 valence electrons. The molecule has 0 spiro atoms. The topological polar surface area (TPSA) is 87.2 Å². The number of rotatable bonds is 10. The second-order valence-corrected chi connectivity index (χ2v) is 9.62. The number of benzene rings is 1. The van der Waals surface area contributed by atoms with Crippen LogP contribution in [-0.2, 0) is 11.2 Å². The number of amides is 2.